The zero-order valence-corrected chi connectivity index (χ0v) is 11.0. The third-order valence-corrected chi connectivity index (χ3v) is 3.42. The molecule has 0 aliphatic carbocycles. The summed E-state index contributed by atoms with van der Waals surface area (Å²) >= 11 is 0. The zero-order valence-electron chi connectivity index (χ0n) is 11.0. The molecule has 3 rings (SSSR count). The first-order valence-corrected chi connectivity index (χ1v) is 6.68. The van der Waals surface area contributed by atoms with Crippen molar-refractivity contribution in [2.75, 3.05) is 26.4 Å². The van der Waals surface area contributed by atoms with Gasteiger partial charge in [-0.1, -0.05) is 0 Å². The fourth-order valence-corrected chi connectivity index (χ4v) is 2.41. The van der Waals surface area contributed by atoms with Gasteiger partial charge in [0.25, 0.3) is 0 Å². The summed E-state index contributed by atoms with van der Waals surface area (Å²) in [5.74, 6) is 1.12. The van der Waals surface area contributed by atoms with Gasteiger partial charge in [-0.25, -0.2) is 0 Å². The van der Waals surface area contributed by atoms with Crippen LogP contribution in [0.25, 0.3) is 0 Å². The Morgan fingerprint density at radius 2 is 2.10 bits per heavy atom. The van der Waals surface area contributed by atoms with E-state index in [-0.39, 0.29) is 17.5 Å². The molecule has 108 valence electrons. The molecule has 7 heteroatoms. The Bertz CT molecular complexity index is 514. The van der Waals surface area contributed by atoms with Crippen LogP contribution in [0.5, 0.6) is 17.2 Å². The number of nitrogens with zero attached hydrogens (tertiary/aromatic N) is 1. The van der Waals surface area contributed by atoms with E-state index in [2.05, 4.69) is 5.32 Å². The van der Waals surface area contributed by atoms with Gasteiger partial charge in [-0.15, -0.1) is 0 Å². The topological polar surface area (TPSA) is 82.9 Å². The monoisotopic (exact) mass is 280 g/mol. The van der Waals surface area contributed by atoms with Crippen molar-refractivity contribution in [1.29, 1.82) is 0 Å². The number of hydrogen-bond acceptors (Lipinski definition) is 6. The normalized spacial score (nSPS) is 20.7. The van der Waals surface area contributed by atoms with E-state index in [1.54, 1.807) is 6.07 Å². The quantitative estimate of drug-likeness (QED) is 0.664. The summed E-state index contributed by atoms with van der Waals surface area (Å²) in [4.78, 5) is 10.7. The Hall–Kier alpha value is -2.02. The lowest BCUT2D eigenvalue weighted by atomic mass is 10.2. The molecule has 2 aliphatic heterocycles. The van der Waals surface area contributed by atoms with Gasteiger partial charge >= 0.3 is 5.69 Å². The van der Waals surface area contributed by atoms with Gasteiger partial charge in [-0.2, -0.15) is 0 Å². The molecule has 20 heavy (non-hydrogen) atoms. The van der Waals surface area contributed by atoms with E-state index in [0.29, 0.717) is 31.3 Å². The molecule has 2 heterocycles. The van der Waals surface area contributed by atoms with Crippen LogP contribution in [0.3, 0.4) is 0 Å². The van der Waals surface area contributed by atoms with E-state index in [9.17, 15) is 10.1 Å². The molecule has 1 aromatic rings. The highest BCUT2D eigenvalue weighted by Crippen LogP contribution is 2.40. The number of nitrogens with one attached hydrogen (secondary N) is 1. The lowest BCUT2D eigenvalue weighted by Crippen LogP contribution is -2.28. The number of nitro groups is 1. The highest BCUT2D eigenvalue weighted by molar-refractivity contribution is 5.58. The van der Waals surface area contributed by atoms with Crippen molar-refractivity contribution in [2.24, 2.45) is 0 Å². The average molecular weight is 280 g/mol. The molecule has 1 N–H and O–H groups in total. The molecule has 1 unspecified atom stereocenters. The Labute approximate surface area is 116 Å². The van der Waals surface area contributed by atoms with Crippen LogP contribution in [-0.4, -0.2) is 37.3 Å². The van der Waals surface area contributed by atoms with E-state index in [4.69, 9.17) is 14.2 Å². The molecule has 0 amide bonds. The second-order valence-corrected chi connectivity index (χ2v) is 4.82. The molecule has 0 saturated carbocycles. The average Bonchev–Trinajstić information content (AvgIpc) is 2.97. The molecule has 0 bridgehead atoms. The highest BCUT2D eigenvalue weighted by Gasteiger charge is 2.24. The van der Waals surface area contributed by atoms with E-state index >= 15 is 0 Å². The first-order valence-electron chi connectivity index (χ1n) is 6.68. The predicted octanol–water partition coefficient (Wildman–Crippen LogP) is 1.50. The molecule has 1 saturated heterocycles. The summed E-state index contributed by atoms with van der Waals surface area (Å²) in [5, 5.41) is 14.4. The summed E-state index contributed by atoms with van der Waals surface area (Å²) in [6.45, 7) is 2.22. The van der Waals surface area contributed by atoms with Crippen molar-refractivity contribution in [3.63, 3.8) is 0 Å². The number of hydrogen-bond donors (Lipinski definition) is 1. The first kappa shape index (κ1) is 13.0. The summed E-state index contributed by atoms with van der Waals surface area (Å²) < 4.78 is 16.4. The van der Waals surface area contributed by atoms with Crippen LogP contribution < -0.4 is 19.5 Å². The SMILES string of the molecule is O=[N+]([O-])c1cc2c(cc1OCC1CCCN1)OCCO2. The van der Waals surface area contributed by atoms with Crippen molar-refractivity contribution in [2.45, 2.75) is 18.9 Å². The molecule has 7 nitrogen and oxygen atoms in total. The second-order valence-electron chi connectivity index (χ2n) is 4.82. The minimum absolute atomic E-state index is 0.0905. The Morgan fingerprint density at radius 1 is 1.35 bits per heavy atom. The van der Waals surface area contributed by atoms with Crippen molar-refractivity contribution in [3.8, 4) is 17.2 Å². The van der Waals surface area contributed by atoms with Crippen molar-refractivity contribution in [3.05, 3.63) is 22.2 Å². The smallest absolute Gasteiger partial charge is 0.314 e. The highest BCUT2D eigenvalue weighted by atomic mass is 16.6. The maximum absolute atomic E-state index is 11.1. The predicted molar refractivity (Wildman–Crippen MR) is 70.6 cm³/mol. The van der Waals surface area contributed by atoms with Gasteiger partial charge in [0.2, 0.25) is 5.75 Å². The zero-order chi connectivity index (χ0) is 13.9. The number of nitro benzene ring substituents is 1. The molecule has 0 spiro atoms. The molecule has 1 atom stereocenters. The van der Waals surface area contributed by atoms with Crippen LogP contribution in [0.4, 0.5) is 5.69 Å². The fraction of sp³-hybridized carbons (Fsp3) is 0.538. The largest absolute Gasteiger partial charge is 0.486 e. The number of fused-ring (bicyclic) bond motifs is 1. The maximum atomic E-state index is 11.1. The van der Waals surface area contributed by atoms with Crippen LogP contribution in [0.15, 0.2) is 12.1 Å². The molecule has 0 aromatic heterocycles. The van der Waals surface area contributed by atoms with E-state index < -0.39 is 4.92 Å². The minimum atomic E-state index is -0.463. The van der Waals surface area contributed by atoms with Gasteiger partial charge in [0.1, 0.15) is 19.8 Å². The molecular weight excluding hydrogens is 264 g/mol. The van der Waals surface area contributed by atoms with Gasteiger partial charge in [-0.05, 0) is 19.4 Å². The number of benzene rings is 1. The van der Waals surface area contributed by atoms with Crippen LogP contribution in [0.1, 0.15) is 12.8 Å². The Balaban J connectivity index is 1.81. The maximum Gasteiger partial charge on any atom is 0.314 e. The van der Waals surface area contributed by atoms with E-state index in [0.717, 1.165) is 19.4 Å². The first-order chi connectivity index (χ1) is 9.74. The summed E-state index contributed by atoms with van der Waals surface area (Å²) in [5.41, 5.74) is -0.0905. The number of rotatable bonds is 4. The lowest BCUT2D eigenvalue weighted by Gasteiger charge is -2.19. The molecular formula is C13H16N2O5. The van der Waals surface area contributed by atoms with Gasteiger partial charge in [0.05, 0.1) is 11.0 Å². The standard InChI is InChI=1S/C13H16N2O5/c16-15(17)10-6-12-13(19-5-4-18-12)7-11(10)20-8-9-2-1-3-14-9/h6-7,9,14H,1-5,8H2. The summed E-state index contributed by atoms with van der Waals surface area (Å²) in [6, 6.07) is 3.16. The lowest BCUT2D eigenvalue weighted by molar-refractivity contribution is -0.386. The summed E-state index contributed by atoms with van der Waals surface area (Å²) in [6.07, 6.45) is 2.13. The van der Waals surface area contributed by atoms with Crippen LogP contribution >= 0.6 is 0 Å². The van der Waals surface area contributed by atoms with Crippen LogP contribution in [0.2, 0.25) is 0 Å². The Kier molecular flexibility index (Phi) is 3.60. The fourth-order valence-electron chi connectivity index (χ4n) is 2.41. The van der Waals surface area contributed by atoms with Gasteiger partial charge in [0.15, 0.2) is 11.5 Å². The Morgan fingerprint density at radius 3 is 2.75 bits per heavy atom. The third-order valence-electron chi connectivity index (χ3n) is 3.42. The molecule has 1 fully saturated rings. The number of ether oxygens (including phenoxy) is 3. The van der Waals surface area contributed by atoms with Crippen molar-refractivity contribution in [1.82, 2.24) is 5.32 Å². The van der Waals surface area contributed by atoms with E-state index in [1.165, 1.54) is 6.07 Å². The van der Waals surface area contributed by atoms with Crippen LogP contribution in [-0.2, 0) is 0 Å². The van der Waals surface area contributed by atoms with E-state index in [1.807, 2.05) is 0 Å². The van der Waals surface area contributed by atoms with Gasteiger partial charge in [-0.3, -0.25) is 10.1 Å². The molecule has 2 aliphatic rings. The summed E-state index contributed by atoms with van der Waals surface area (Å²) in [7, 11) is 0. The molecule has 0 radical (unpaired) electrons. The van der Waals surface area contributed by atoms with Crippen molar-refractivity contribution >= 4 is 5.69 Å². The third kappa shape index (κ3) is 2.62. The van der Waals surface area contributed by atoms with Crippen LogP contribution in [0, 0.1) is 10.1 Å². The molecule has 1 aromatic carbocycles. The minimum Gasteiger partial charge on any atom is -0.486 e. The van der Waals surface area contributed by atoms with Gasteiger partial charge in [0, 0.05) is 12.1 Å². The second kappa shape index (κ2) is 5.54. The van der Waals surface area contributed by atoms with Crippen molar-refractivity contribution < 1.29 is 19.1 Å². The van der Waals surface area contributed by atoms with Gasteiger partial charge < -0.3 is 19.5 Å².